The molecular weight excluding hydrogens is 374 g/mol. The highest BCUT2D eigenvalue weighted by Gasteiger charge is 2.39. The molecule has 1 aliphatic carbocycles. The highest BCUT2D eigenvalue weighted by molar-refractivity contribution is 9.10. The van der Waals surface area contributed by atoms with Gasteiger partial charge >= 0.3 is 0 Å². The summed E-state index contributed by atoms with van der Waals surface area (Å²) in [5.74, 6) is 1.80. The molecule has 2 aromatic rings. The molecule has 1 heterocycles. The summed E-state index contributed by atoms with van der Waals surface area (Å²) in [5.41, 5.74) is 3.65. The average molecular weight is 391 g/mol. The average Bonchev–Trinajstić information content (AvgIpc) is 3.04. The standard InChI is InChI=1S/C19H17BrClNO/c1-23-18-8-5-11(20)9-16(18)19-14-4-2-3-13(14)15-10-12(21)6-7-17(15)22-19/h2-3,5-10,13-14,19,22H,4H2,1H3/t13-,14-,19-/m1/s1. The quantitative estimate of drug-likeness (QED) is 0.641. The third-order valence-electron chi connectivity index (χ3n) is 4.85. The number of allylic oxidation sites excluding steroid dienone is 2. The van der Waals surface area contributed by atoms with Gasteiger partial charge in [0, 0.05) is 26.7 Å². The van der Waals surface area contributed by atoms with Crippen molar-refractivity contribution in [3.8, 4) is 5.75 Å². The Morgan fingerprint density at radius 2 is 2.04 bits per heavy atom. The number of ether oxygens (including phenoxy) is 1. The number of anilines is 1. The Labute approximate surface area is 149 Å². The van der Waals surface area contributed by atoms with Gasteiger partial charge < -0.3 is 10.1 Å². The minimum absolute atomic E-state index is 0.219. The molecule has 4 heteroatoms. The number of rotatable bonds is 2. The fourth-order valence-corrected chi connectivity index (χ4v) is 4.38. The highest BCUT2D eigenvalue weighted by Crippen LogP contribution is 2.51. The van der Waals surface area contributed by atoms with Gasteiger partial charge in [0.2, 0.25) is 0 Å². The minimum atomic E-state index is 0.219. The molecule has 0 fully saturated rings. The van der Waals surface area contributed by atoms with Crippen LogP contribution in [0, 0.1) is 5.92 Å². The van der Waals surface area contributed by atoms with Crippen LogP contribution in [0.4, 0.5) is 5.69 Å². The number of hydrogen-bond acceptors (Lipinski definition) is 2. The molecule has 0 bridgehead atoms. The zero-order valence-electron chi connectivity index (χ0n) is 12.7. The second-order valence-electron chi connectivity index (χ2n) is 6.09. The molecule has 0 radical (unpaired) electrons. The van der Waals surface area contributed by atoms with E-state index in [2.05, 4.69) is 51.6 Å². The fourth-order valence-electron chi connectivity index (χ4n) is 3.82. The topological polar surface area (TPSA) is 21.3 Å². The first-order chi connectivity index (χ1) is 11.2. The van der Waals surface area contributed by atoms with E-state index in [4.69, 9.17) is 16.3 Å². The van der Waals surface area contributed by atoms with Crippen molar-refractivity contribution in [3.05, 3.63) is 69.2 Å². The predicted molar refractivity (Wildman–Crippen MR) is 98.5 cm³/mol. The second-order valence-corrected chi connectivity index (χ2v) is 7.45. The predicted octanol–water partition coefficient (Wildman–Crippen LogP) is 5.94. The summed E-state index contributed by atoms with van der Waals surface area (Å²) >= 11 is 9.80. The van der Waals surface area contributed by atoms with Crippen molar-refractivity contribution in [2.45, 2.75) is 18.4 Å². The lowest BCUT2D eigenvalue weighted by atomic mass is 9.77. The first-order valence-electron chi connectivity index (χ1n) is 7.73. The van der Waals surface area contributed by atoms with E-state index in [0.717, 1.165) is 27.4 Å². The van der Waals surface area contributed by atoms with Crippen molar-refractivity contribution < 1.29 is 4.74 Å². The molecule has 1 N–H and O–H groups in total. The summed E-state index contributed by atoms with van der Waals surface area (Å²) < 4.78 is 6.68. The Kier molecular flexibility index (Phi) is 3.86. The largest absolute Gasteiger partial charge is 0.496 e. The van der Waals surface area contributed by atoms with E-state index >= 15 is 0 Å². The van der Waals surface area contributed by atoms with Crippen molar-refractivity contribution in [1.29, 1.82) is 0 Å². The lowest BCUT2D eigenvalue weighted by Gasteiger charge is -2.38. The summed E-state index contributed by atoms with van der Waals surface area (Å²) in [6, 6.07) is 12.5. The van der Waals surface area contributed by atoms with E-state index in [1.165, 1.54) is 11.1 Å². The van der Waals surface area contributed by atoms with Gasteiger partial charge in [0.15, 0.2) is 0 Å². The zero-order valence-corrected chi connectivity index (χ0v) is 15.1. The van der Waals surface area contributed by atoms with Gasteiger partial charge in [-0.05, 0) is 54.3 Å². The van der Waals surface area contributed by atoms with Crippen LogP contribution in [0.1, 0.15) is 29.5 Å². The first kappa shape index (κ1) is 15.1. The second kappa shape index (κ2) is 5.88. The molecule has 2 nitrogen and oxygen atoms in total. The van der Waals surface area contributed by atoms with Gasteiger partial charge in [0.05, 0.1) is 13.2 Å². The Morgan fingerprint density at radius 3 is 2.87 bits per heavy atom. The van der Waals surface area contributed by atoms with E-state index in [1.807, 2.05) is 18.2 Å². The lowest BCUT2D eigenvalue weighted by Crippen LogP contribution is -2.29. The molecule has 0 unspecified atom stereocenters. The van der Waals surface area contributed by atoms with Gasteiger partial charge in [-0.25, -0.2) is 0 Å². The molecule has 23 heavy (non-hydrogen) atoms. The number of halogens is 2. The molecular formula is C19H17BrClNO. The molecule has 0 aromatic heterocycles. The van der Waals surface area contributed by atoms with E-state index in [1.54, 1.807) is 7.11 Å². The third kappa shape index (κ3) is 2.56. The molecule has 0 saturated carbocycles. The van der Waals surface area contributed by atoms with Crippen molar-refractivity contribution in [1.82, 2.24) is 0 Å². The Morgan fingerprint density at radius 1 is 1.17 bits per heavy atom. The van der Waals surface area contributed by atoms with Gasteiger partial charge in [-0.1, -0.05) is 39.7 Å². The van der Waals surface area contributed by atoms with Crippen LogP contribution in [0.25, 0.3) is 0 Å². The highest BCUT2D eigenvalue weighted by atomic mass is 79.9. The zero-order chi connectivity index (χ0) is 16.0. The maximum Gasteiger partial charge on any atom is 0.124 e. The maximum atomic E-state index is 6.21. The monoisotopic (exact) mass is 389 g/mol. The van der Waals surface area contributed by atoms with Gasteiger partial charge in [-0.3, -0.25) is 0 Å². The molecule has 118 valence electrons. The number of benzene rings is 2. The van der Waals surface area contributed by atoms with Gasteiger partial charge in [-0.2, -0.15) is 0 Å². The molecule has 0 saturated heterocycles. The first-order valence-corrected chi connectivity index (χ1v) is 8.90. The third-order valence-corrected chi connectivity index (χ3v) is 5.58. The minimum Gasteiger partial charge on any atom is -0.496 e. The number of methoxy groups -OCH3 is 1. The van der Waals surface area contributed by atoms with Gasteiger partial charge in [-0.15, -0.1) is 0 Å². The number of nitrogens with one attached hydrogen (secondary N) is 1. The van der Waals surface area contributed by atoms with Crippen molar-refractivity contribution in [2.24, 2.45) is 5.92 Å². The molecule has 0 amide bonds. The van der Waals surface area contributed by atoms with Crippen LogP contribution in [-0.4, -0.2) is 7.11 Å². The van der Waals surface area contributed by atoms with Crippen LogP contribution in [0.5, 0.6) is 5.75 Å². The summed E-state index contributed by atoms with van der Waals surface area (Å²) in [6.07, 6.45) is 5.66. The van der Waals surface area contributed by atoms with Crippen molar-refractivity contribution in [3.63, 3.8) is 0 Å². The smallest absolute Gasteiger partial charge is 0.124 e. The van der Waals surface area contributed by atoms with Crippen molar-refractivity contribution in [2.75, 3.05) is 12.4 Å². The van der Waals surface area contributed by atoms with Crippen molar-refractivity contribution >= 4 is 33.2 Å². The molecule has 0 spiro atoms. The van der Waals surface area contributed by atoms with Crippen LogP contribution in [-0.2, 0) is 0 Å². The molecule has 2 aromatic carbocycles. The van der Waals surface area contributed by atoms with Crippen LogP contribution < -0.4 is 10.1 Å². The van der Waals surface area contributed by atoms with Crippen LogP contribution >= 0.6 is 27.5 Å². The van der Waals surface area contributed by atoms with Gasteiger partial charge in [0.25, 0.3) is 0 Å². The maximum absolute atomic E-state index is 6.21. The summed E-state index contributed by atoms with van der Waals surface area (Å²) in [6.45, 7) is 0. The molecule has 1 aliphatic heterocycles. The summed E-state index contributed by atoms with van der Waals surface area (Å²) in [4.78, 5) is 0. The molecule has 4 rings (SSSR count). The SMILES string of the molecule is COc1ccc(Br)cc1[C@@H]1Nc2ccc(Cl)cc2[C@@H]2C=CC[C@H]21. The van der Waals surface area contributed by atoms with Gasteiger partial charge in [0.1, 0.15) is 5.75 Å². The van der Waals surface area contributed by atoms with Crippen LogP contribution in [0.15, 0.2) is 53.0 Å². The summed E-state index contributed by atoms with van der Waals surface area (Å²) in [5, 5.41) is 4.51. The van der Waals surface area contributed by atoms with Crippen LogP contribution in [0.2, 0.25) is 5.02 Å². The normalized spacial score (nSPS) is 24.7. The number of hydrogen-bond donors (Lipinski definition) is 1. The van der Waals surface area contributed by atoms with E-state index in [0.29, 0.717) is 11.8 Å². The number of fused-ring (bicyclic) bond motifs is 3. The molecule has 2 aliphatic rings. The molecule has 3 atom stereocenters. The van der Waals surface area contributed by atoms with E-state index in [9.17, 15) is 0 Å². The Balaban J connectivity index is 1.82. The fraction of sp³-hybridized carbons (Fsp3) is 0.263. The van der Waals surface area contributed by atoms with E-state index < -0.39 is 0 Å². The lowest BCUT2D eigenvalue weighted by molar-refractivity contribution is 0.381. The van der Waals surface area contributed by atoms with Crippen LogP contribution in [0.3, 0.4) is 0 Å². The Hall–Kier alpha value is -1.45. The Bertz CT molecular complexity index is 789. The van der Waals surface area contributed by atoms with E-state index in [-0.39, 0.29) is 6.04 Å². The summed E-state index contributed by atoms with van der Waals surface area (Å²) in [7, 11) is 1.73.